The zero-order valence-corrected chi connectivity index (χ0v) is 10.7. The molecule has 1 spiro atoms. The molecule has 18 heavy (non-hydrogen) atoms. The summed E-state index contributed by atoms with van der Waals surface area (Å²) in [5, 5.41) is 4.89. The van der Waals surface area contributed by atoms with Gasteiger partial charge in [0.05, 0.1) is 6.54 Å². The van der Waals surface area contributed by atoms with Gasteiger partial charge in [0.15, 0.2) is 0 Å². The van der Waals surface area contributed by atoms with Gasteiger partial charge in [-0.15, -0.1) is 0 Å². The Hall–Kier alpha value is -1.79. The Morgan fingerprint density at radius 3 is 2.78 bits per heavy atom. The summed E-state index contributed by atoms with van der Waals surface area (Å²) in [4.78, 5) is 38.3. The lowest BCUT2D eigenvalue weighted by Gasteiger charge is -2.39. The number of hydrogen-bond acceptors (Lipinski definition) is 3. The van der Waals surface area contributed by atoms with Crippen LogP contribution in [0.25, 0.3) is 0 Å². The standard InChI is InChI=1S/C11H18N4O3/c1-3-14(2)10(18)15-6-4-5-11(7-15)8(16)12-9(17)13-11/h3-7H2,1-2H3,(H2,12,13,16,17). The fourth-order valence-corrected chi connectivity index (χ4v) is 2.41. The van der Waals surface area contributed by atoms with Crippen LogP contribution < -0.4 is 10.6 Å². The summed E-state index contributed by atoms with van der Waals surface area (Å²) in [5.41, 5.74) is -0.931. The Balaban J connectivity index is 2.12. The van der Waals surface area contributed by atoms with Gasteiger partial charge in [-0.05, 0) is 19.8 Å². The molecule has 0 bridgehead atoms. The highest BCUT2D eigenvalue weighted by molar-refractivity contribution is 6.07. The van der Waals surface area contributed by atoms with Crippen molar-refractivity contribution in [3.05, 3.63) is 0 Å². The lowest BCUT2D eigenvalue weighted by Crippen LogP contribution is -2.61. The molecule has 2 fully saturated rings. The summed E-state index contributed by atoms with van der Waals surface area (Å²) in [6.45, 7) is 3.37. The monoisotopic (exact) mass is 254 g/mol. The summed E-state index contributed by atoms with van der Waals surface area (Å²) in [5.74, 6) is -0.329. The van der Waals surface area contributed by atoms with Crippen LogP contribution >= 0.6 is 0 Å². The Morgan fingerprint density at radius 2 is 2.22 bits per heavy atom. The molecule has 0 saturated carbocycles. The highest BCUT2D eigenvalue weighted by Crippen LogP contribution is 2.24. The van der Waals surface area contributed by atoms with Crippen molar-refractivity contribution in [1.82, 2.24) is 20.4 Å². The fraction of sp³-hybridized carbons (Fsp3) is 0.727. The first-order valence-electron chi connectivity index (χ1n) is 6.12. The number of carbonyl (C=O) groups is 3. The summed E-state index contributed by atoms with van der Waals surface area (Å²) >= 11 is 0. The van der Waals surface area contributed by atoms with Crippen molar-refractivity contribution >= 4 is 18.0 Å². The van der Waals surface area contributed by atoms with Gasteiger partial charge in [0.2, 0.25) is 0 Å². The number of piperidine rings is 1. The molecule has 0 radical (unpaired) electrons. The van der Waals surface area contributed by atoms with Gasteiger partial charge in [-0.1, -0.05) is 0 Å². The Kier molecular flexibility index (Phi) is 3.14. The van der Waals surface area contributed by atoms with Crippen LogP contribution in [0.2, 0.25) is 0 Å². The van der Waals surface area contributed by atoms with E-state index in [4.69, 9.17) is 0 Å². The Morgan fingerprint density at radius 1 is 1.50 bits per heavy atom. The van der Waals surface area contributed by atoms with E-state index in [1.54, 1.807) is 16.8 Å². The third-order valence-electron chi connectivity index (χ3n) is 3.58. The molecule has 2 aliphatic rings. The maximum absolute atomic E-state index is 12.1. The number of amides is 5. The molecule has 7 nitrogen and oxygen atoms in total. The zero-order valence-electron chi connectivity index (χ0n) is 10.7. The van der Waals surface area contributed by atoms with Crippen LogP contribution in [-0.2, 0) is 4.79 Å². The molecule has 2 N–H and O–H groups in total. The van der Waals surface area contributed by atoms with E-state index in [9.17, 15) is 14.4 Å². The molecule has 1 atom stereocenters. The molecule has 7 heteroatoms. The number of likely N-dealkylation sites (tertiary alicyclic amines) is 1. The molecule has 5 amide bonds. The highest BCUT2D eigenvalue weighted by atomic mass is 16.2. The summed E-state index contributed by atoms with van der Waals surface area (Å²) in [7, 11) is 1.72. The van der Waals surface area contributed by atoms with Crippen LogP contribution in [0, 0.1) is 0 Å². The fourth-order valence-electron chi connectivity index (χ4n) is 2.41. The SMILES string of the molecule is CCN(C)C(=O)N1CCCC2(C1)NC(=O)NC2=O. The predicted molar refractivity (Wildman–Crippen MR) is 63.9 cm³/mol. The van der Waals surface area contributed by atoms with Gasteiger partial charge in [0.1, 0.15) is 5.54 Å². The van der Waals surface area contributed by atoms with Crippen LogP contribution in [0.5, 0.6) is 0 Å². The molecular formula is C11H18N4O3. The first-order chi connectivity index (χ1) is 8.48. The number of rotatable bonds is 1. The topological polar surface area (TPSA) is 81.8 Å². The third-order valence-corrected chi connectivity index (χ3v) is 3.58. The minimum Gasteiger partial charge on any atom is -0.328 e. The number of carbonyl (C=O) groups excluding carboxylic acids is 3. The molecular weight excluding hydrogens is 236 g/mol. The van der Waals surface area contributed by atoms with Gasteiger partial charge >= 0.3 is 12.1 Å². The molecule has 2 aliphatic heterocycles. The number of imide groups is 1. The van der Waals surface area contributed by atoms with E-state index in [0.29, 0.717) is 25.9 Å². The Labute approximate surface area is 105 Å². The van der Waals surface area contributed by atoms with Crippen molar-refractivity contribution in [2.24, 2.45) is 0 Å². The van der Waals surface area contributed by atoms with E-state index < -0.39 is 11.6 Å². The normalized spacial score (nSPS) is 27.1. The van der Waals surface area contributed by atoms with Gasteiger partial charge in [0.25, 0.3) is 5.91 Å². The highest BCUT2D eigenvalue weighted by Gasteiger charge is 2.49. The van der Waals surface area contributed by atoms with E-state index in [-0.39, 0.29) is 18.5 Å². The van der Waals surface area contributed by atoms with Crippen molar-refractivity contribution in [1.29, 1.82) is 0 Å². The molecule has 0 aromatic rings. The van der Waals surface area contributed by atoms with E-state index in [2.05, 4.69) is 10.6 Å². The number of hydrogen-bond donors (Lipinski definition) is 2. The zero-order chi connectivity index (χ0) is 13.3. The van der Waals surface area contributed by atoms with E-state index in [0.717, 1.165) is 0 Å². The first-order valence-corrected chi connectivity index (χ1v) is 6.12. The molecule has 0 aromatic heterocycles. The number of nitrogens with zero attached hydrogens (tertiary/aromatic N) is 2. The van der Waals surface area contributed by atoms with Crippen LogP contribution in [0.4, 0.5) is 9.59 Å². The molecule has 2 heterocycles. The van der Waals surface area contributed by atoms with E-state index >= 15 is 0 Å². The Bertz CT molecular complexity index is 398. The summed E-state index contributed by atoms with van der Waals surface area (Å²) in [6.07, 6.45) is 1.28. The molecule has 0 aromatic carbocycles. The van der Waals surface area contributed by atoms with Crippen LogP contribution in [0.3, 0.4) is 0 Å². The number of urea groups is 2. The molecule has 0 aliphatic carbocycles. The quantitative estimate of drug-likeness (QED) is 0.632. The van der Waals surface area contributed by atoms with Crippen molar-refractivity contribution < 1.29 is 14.4 Å². The second-order valence-corrected chi connectivity index (χ2v) is 4.81. The van der Waals surface area contributed by atoms with Crippen molar-refractivity contribution in [3.8, 4) is 0 Å². The lowest BCUT2D eigenvalue weighted by atomic mass is 9.89. The largest absolute Gasteiger partial charge is 0.328 e. The van der Waals surface area contributed by atoms with Gasteiger partial charge in [0, 0.05) is 20.1 Å². The molecule has 2 saturated heterocycles. The maximum atomic E-state index is 12.1. The van der Waals surface area contributed by atoms with Gasteiger partial charge in [-0.3, -0.25) is 10.1 Å². The molecule has 100 valence electrons. The van der Waals surface area contributed by atoms with E-state index in [1.807, 2.05) is 6.92 Å². The second kappa shape index (κ2) is 4.47. The third kappa shape index (κ3) is 2.00. The summed E-state index contributed by atoms with van der Waals surface area (Å²) in [6, 6.07) is -0.580. The van der Waals surface area contributed by atoms with Gasteiger partial charge < -0.3 is 15.1 Å². The molecule has 2 rings (SSSR count). The first kappa shape index (κ1) is 12.7. The van der Waals surface area contributed by atoms with Gasteiger partial charge in [-0.25, -0.2) is 9.59 Å². The maximum Gasteiger partial charge on any atom is 0.322 e. The van der Waals surface area contributed by atoms with Gasteiger partial charge in [-0.2, -0.15) is 0 Å². The molecule has 1 unspecified atom stereocenters. The lowest BCUT2D eigenvalue weighted by molar-refractivity contribution is -0.125. The van der Waals surface area contributed by atoms with Crippen molar-refractivity contribution in [2.45, 2.75) is 25.3 Å². The predicted octanol–water partition coefficient (Wildman–Crippen LogP) is -0.268. The van der Waals surface area contributed by atoms with Crippen LogP contribution in [0.1, 0.15) is 19.8 Å². The average molecular weight is 254 g/mol. The van der Waals surface area contributed by atoms with Crippen molar-refractivity contribution in [2.75, 3.05) is 26.7 Å². The summed E-state index contributed by atoms with van der Waals surface area (Å²) < 4.78 is 0. The van der Waals surface area contributed by atoms with Crippen molar-refractivity contribution in [3.63, 3.8) is 0 Å². The minimum absolute atomic E-state index is 0.106. The minimum atomic E-state index is -0.931. The second-order valence-electron chi connectivity index (χ2n) is 4.81. The number of nitrogens with one attached hydrogen (secondary N) is 2. The van der Waals surface area contributed by atoms with Crippen LogP contribution in [0.15, 0.2) is 0 Å². The van der Waals surface area contributed by atoms with Crippen LogP contribution in [-0.4, -0.2) is 60.0 Å². The average Bonchev–Trinajstić information content (AvgIpc) is 2.62. The smallest absolute Gasteiger partial charge is 0.322 e. The van der Waals surface area contributed by atoms with E-state index in [1.165, 1.54) is 0 Å².